The number of unbranched alkanes of at least 4 members (excludes halogenated alkanes) is 8. The van der Waals surface area contributed by atoms with Crippen LogP contribution in [0.1, 0.15) is 127 Å². The normalized spacial score (nSPS) is 11.7. The molecule has 6 nitrogen and oxygen atoms in total. The quantitative estimate of drug-likeness (QED) is 0.0571. The molecule has 0 aliphatic rings. The SMILES string of the molecule is CCCCCc1ccc2c(S(=O)(=O)[O-])cccc2c1CCCCC.CCCCCc1ccc2c(S(=O)(=O)[O-])cccc2c1CCCCC.[Ca+2]. The van der Waals surface area contributed by atoms with Crippen LogP contribution in [0, 0.1) is 0 Å². The Morgan fingerprint density at radius 2 is 0.755 bits per heavy atom. The van der Waals surface area contributed by atoms with Crippen LogP contribution in [0.15, 0.2) is 70.5 Å². The fraction of sp³-hybridized carbons (Fsp3) is 0.500. The maximum atomic E-state index is 11.6. The van der Waals surface area contributed by atoms with Crippen molar-refractivity contribution in [3.8, 4) is 0 Å². The van der Waals surface area contributed by atoms with Crippen LogP contribution in [0.4, 0.5) is 0 Å². The zero-order valence-corrected chi connectivity index (χ0v) is 33.9. The molecule has 0 saturated carbocycles. The molecule has 0 aromatic heterocycles. The van der Waals surface area contributed by atoms with Crippen molar-refractivity contribution < 1.29 is 25.9 Å². The molecule has 0 N–H and O–H groups in total. The second-order valence-electron chi connectivity index (χ2n) is 12.8. The summed E-state index contributed by atoms with van der Waals surface area (Å²) in [6.07, 6.45) is 17.7. The summed E-state index contributed by atoms with van der Waals surface area (Å²) in [4.78, 5) is -0.200. The molecule has 49 heavy (non-hydrogen) atoms. The van der Waals surface area contributed by atoms with E-state index in [2.05, 4.69) is 27.7 Å². The van der Waals surface area contributed by atoms with Gasteiger partial charge in [-0.25, -0.2) is 16.8 Å². The maximum Gasteiger partial charge on any atom is 2.00 e. The van der Waals surface area contributed by atoms with Crippen molar-refractivity contribution in [3.63, 3.8) is 0 Å². The topological polar surface area (TPSA) is 114 Å². The van der Waals surface area contributed by atoms with Crippen molar-refractivity contribution in [2.24, 2.45) is 0 Å². The molecule has 0 unspecified atom stereocenters. The number of benzene rings is 4. The first-order valence-corrected chi connectivity index (χ1v) is 20.8. The molecule has 4 aromatic carbocycles. The van der Waals surface area contributed by atoms with Gasteiger partial charge in [0.25, 0.3) is 0 Å². The van der Waals surface area contributed by atoms with Gasteiger partial charge in [0.2, 0.25) is 0 Å². The van der Waals surface area contributed by atoms with Crippen LogP contribution in [-0.2, 0) is 45.9 Å². The number of hydrogen-bond acceptors (Lipinski definition) is 6. The van der Waals surface area contributed by atoms with E-state index in [0.29, 0.717) is 10.8 Å². The molecule has 4 rings (SSSR count). The summed E-state index contributed by atoms with van der Waals surface area (Å²) in [7, 11) is -8.91. The fourth-order valence-corrected chi connectivity index (χ4v) is 7.99. The minimum Gasteiger partial charge on any atom is -0.744 e. The molecule has 0 atom stereocenters. The van der Waals surface area contributed by atoms with Crippen LogP contribution in [0.5, 0.6) is 0 Å². The van der Waals surface area contributed by atoms with E-state index in [-0.39, 0.29) is 47.5 Å². The first-order valence-electron chi connectivity index (χ1n) is 18.0. The van der Waals surface area contributed by atoms with Crippen molar-refractivity contribution in [2.45, 2.75) is 140 Å². The number of rotatable bonds is 18. The van der Waals surface area contributed by atoms with Gasteiger partial charge in [0.05, 0.1) is 9.79 Å². The molecule has 0 bridgehead atoms. The van der Waals surface area contributed by atoms with Crippen molar-refractivity contribution >= 4 is 79.5 Å². The summed E-state index contributed by atoms with van der Waals surface area (Å²) in [5.41, 5.74) is 5.05. The van der Waals surface area contributed by atoms with Gasteiger partial charge in [0.1, 0.15) is 20.2 Å². The maximum absolute atomic E-state index is 11.6. The van der Waals surface area contributed by atoms with E-state index >= 15 is 0 Å². The Balaban J connectivity index is 0.000000333. The summed E-state index contributed by atoms with van der Waals surface area (Å²) in [5, 5.41) is 2.99. The minimum absolute atomic E-state index is 0. The summed E-state index contributed by atoms with van der Waals surface area (Å²) >= 11 is 0. The van der Waals surface area contributed by atoms with Gasteiger partial charge in [-0.3, -0.25) is 0 Å². The monoisotopic (exact) mass is 734 g/mol. The second kappa shape index (κ2) is 21.8. The van der Waals surface area contributed by atoms with Crippen molar-refractivity contribution in [3.05, 3.63) is 82.9 Å². The standard InChI is InChI=1S/2C20H28O3S.Ca/c2*1-3-5-7-10-16-14-15-19-18(17(16)11-8-6-4-2)12-9-13-20(19)24(21,22)23;/h2*9,12-15H,3-8,10-11H2,1-2H3,(H,21,22,23);/q;;+2/p-2. The molecule has 0 radical (unpaired) electrons. The number of hydrogen-bond donors (Lipinski definition) is 0. The Labute approximate surface area is 326 Å². The first kappa shape index (κ1) is 43.6. The van der Waals surface area contributed by atoms with Crippen molar-refractivity contribution in [1.29, 1.82) is 0 Å². The molecule has 0 amide bonds. The van der Waals surface area contributed by atoms with Crippen LogP contribution in [0.3, 0.4) is 0 Å². The van der Waals surface area contributed by atoms with Gasteiger partial charge in [-0.1, -0.05) is 128 Å². The van der Waals surface area contributed by atoms with E-state index in [1.807, 2.05) is 36.4 Å². The average molecular weight is 735 g/mol. The zero-order valence-electron chi connectivity index (χ0n) is 30.1. The largest absolute Gasteiger partial charge is 2.00 e. The Hall–Kier alpha value is -1.52. The Morgan fingerprint density at radius 1 is 0.429 bits per heavy atom. The number of fused-ring (bicyclic) bond motifs is 2. The van der Waals surface area contributed by atoms with Crippen LogP contribution < -0.4 is 0 Å². The van der Waals surface area contributed by atoms with Gasteiger partial charge >= 0.3 is 37.7 Å². The number of aryl methyl sites for hydroxylation is 4. The molecule has 0 aliphatic heterocycles. The molecule has 0 heterocycles. The first-order chi connectivity index (χ1) is 23.0. The van der Waals surface area contributed by atoms with Gasteiger partial charge in [0, 0.05) is 0 Å². The minimum atomic E-state index is -4.46. The third-order valence-electron chi connectivity index (χ3n) is 9.16. The predicted octanol–water partition coefficient (Wildman–Crippen LogP) is 10.0. The Morgan fingerprint density at radius 3 is 1.06 bits per heavy atom. The zero-order chi connectivity index (χ0) is 35.2. The summed E-state index contributed by atoms with van der Waals surface area (Å²) in [5.74, 6) is 0. The summed E-state index contributed by atoms with van der Waals surface area (Å²) in [6, 6.07) is 17.8. The summed E-state index contributed by atoms with van der Waals surface area (Å²) in [6.45, 7) is 8.72. The van der Waals surface area contributed by atoms with E-state index in [4.69, 9.17) is 0 Å². The van der Waals surface area contributed by atoms with E-state index < -0.39 is 20.2 Å². The average Bonchev–Trinajstić information content (AvgIpc) is 3.05. The van der Waals surface area contributed by atoms with Crippen molar-refractivity contribution in [2.75, 3.05) is 0 Å². The molecule has 0 aliphatic carbocycles. The van der Waals surface area contributed by atoms with Gasteiger partial charge in [-0.2, -0.15) is 0 Å². The third-order valence-corrected chi connectivity index (χ3v) is 10.9. The van der Waals surface area contributed by atoms with Crippen LogP contribution >= 0.6 is 0 Å². The van der Waals surface area contributed by atoms with E-state index in [1.165, 1.54) is 60.1 Å². The predicted molar refractivity (Wildman–Crippen MR) is 202 cm³/mol. The molecular weight excluding hydrogens is 681 g/mol. The van der Waals surface area contributed by atoms with E-state index in [0.717, 1.165) is 87.8 Å². The van der Waals surface area contributed by atoms with Gasteiger partial charge in [-0.15, -0.1) is 0 Å². The molecule has 0 saturated heterocycles. The Kier molecular flexibility index (Phi) is 19.4. The Bertz CT molecular complexity index is 1700. The van der Waals surface area contributed by atoms with Crippen LogP contribution in [0.2, 0.25) is 0 Å². The second-order valence-corrected chi connectivity index (χ2v) is 15.5. The molecule has 9 heteroatoms. The molecular formula is C40H54CaO6S2. The molecule has 0 spiro atoms. The molecule has 0 fully saturated rings. The molecule has 264 valence electrons. The van der Waals surface area contributed by atoms with Gasteiger partial charge in [-0.05, 0) is 107 Å². The third kappa shape index (κ3) is 12.9. The molecule has 4 aromatic rings. The van der Waals surface area contributed by atoms with Crippen LogP contribution in [0.25, 0.3) is 21.5 Å². The summed E-state index contributed by atoms with van der Waals surface area (Å²) < 4.78 is 69.4. The van der Waals surface area contributed by atoms with Crippen molar-refractivity contribution in [1.82, 2.24) is 0 Å². The van der Waals surface area contributed by atoms with Gasteiger partial charge < -0.3 is 9.11 Å². The van der Waals surface area contributed by atoms with Crippen LogP contribution in [-0.4, -0.2) is 63.7 Å². The van der Waals surface area contributed by atoms with E-state index in [1.54, 1.807) is 12.1 Å². The smallest absolute Gasteiger partial charge is 0.744 e. The fourth-order valence-electron chi connectivity index (χ4n) is 6.60. The van der Waals surface area contributed by atoms with Gasteiger partial charge in [0.15, 0.2) is 0 Å². The van der Waals surface area contributed by atoms with E-state index in [9.17, 15) is 25.9 Å².